The number of fused-ring (bicyclic) bond motifs is 4. The summed E-state index contributed by atoms with van der Waals surface area (Å²) in [6.45, 7) is 1.82. The van der Waals surface area contributed by atoms with Crippen molar-refractivity contribution in [1.82, 2.24) is 9.47 Å². The number of nitrogens with zero attached hydrogens (tertiary/aromatic N) is 2. The van der Waals surface area contributed by atoms with E-state index in [2.05, 4.69) is 4.90 Å². The van der Waals surface area contributed by atoms with E-state index in [1.165, 1.54) is 6.07 Å². The minimum Gasteiger partial charge on any atom is -0.394 e. The van der Waals surface area contributed by atoms with E-state index in [0.717, 1.165) is 18.7 Å². The molecular weight excluding hydrogens is 364 g/mol. The summed E-state index contributed by atoms with van der Waals surface area (Å²) in [5.74, 6) is 0.419. The van der Waals surface area contributed by atoms with Crippen LogP contribution >= 0.6 is 0 Å². The zero-order valence-electron chi connectivity index (χ0n) is 15.1. The van der Waals surface area contributed by atoms with Crippen LogP contribution in [0.3, 0.4) is 0 Å². The van der Waals surface area contributed by atoms with Crippen LogP contribution in [-0.4, -0.2) is 55.0 Å². The standard InChI is InChI=1S/C20H24N2O4S/c23-14-19-16-11-15(18-7-4-8-20(24)22(18)19)12-21(13-16)9-10-27(25,26)17-5-2-1-3-6-17/h1-8,15-16,19,23H,9-14H2/t15-,16+,19+/m1/s1. The quantitative estimate of drug-likeness (QED) is 0.835. The van der Waals surface area contributed by atoms with E-state index in [4.69, 9.17) is 0 Å². The number of piperidine rings is 1. The maximum Gasteiger partial charge on any atom is 0.251 e. The number of benzene rings is 1. The van der Waals surface area contributed by atoms with Gasteiger partial charge in [0.2, 0.25) is 0 Å². The molecule has 4 rings (SSSR count). The molecule has 1 aromatic heterocycles. The summed E-state index contributed by atoms with van der Waals surface area (Å²) in [5.41, 5.74) is 0.884. The minimum absolute atomic E-state index is 0.0682. The summed E-state index contributed by atoms with van der Waals surface area (Å²) < 4.78 is 26.9. The van der Waals surface area contributed by atoms with Gasteiger partial charge in [-0.2, -0.15) is 0 Å². The Labute approximate surface area is 159 Å². The molecule has 27 heavy (non-hydrogen) atoms. The van der Waals surface area contributed by atoms with E-state index in [1.807, 2.05) is 6.07 Å². The molecule has 7 heteroatoms. The Balaban J connectivity index is 1.53. The van der Waals surface area contributed by atoms with Crippen molar-refractivity contribution in [2.75, 3.05) is 32.0 Å². The third-order valence-electron chi connectivity index (χ3n) is 5.84. The molecule has 3 atom stereocenters. The fourth-order valence-corrected chi connectivity index (χ4v) is 5.86. The molecule has 1 fully saturated rings. The highest BCUT2D eigenvalue weighted by Gasteiger charge is 2.40. The van der Waals surface area contributed by atoms with E-state index >= 15 is 0 Å². The number of rotatable bonds is 5. The zero-order chi connectivity index (χ0) is 19.0. The zero-order valence-corrected chi connectivity index (χ0v) is 15.9. The fraction of sp³-hybridized carbons (Fsp3) is 0.450. The molecular formula is C20H24N2O4S. The van der Waals surface area contributed by atoms with Crippen molar-refractivity contribution in [2.24, 2.45) is 5.92 Å². The average Bonchev–Trinajstić information content (AvgIpc) is 2.68. The molecule has 2 aliphatic rings. The first-order chi connectivity index (χ1) is 13.0. The number of hydrogen-bond acceptors (Lipinski definition) is 5. The number of aromatic nitrogens is 1. The van der Waals surface area contributed by atoms with Crippen molar-refractivity contribution in [2.45, 2.75) is 23.3 Å². The third-order valence-corrected chi connectivity index (χ3v) is 7.55. The predicted octanol–water partition coefficient (Wildman–Crippen LogP) is 1.27. The number of likely N-dealkylation sites (tertiary alicyclic amines) is 1. The highest BCUT2D eigenvalue weighted by molar-refractivity contribution is 7.91. The molecule has 2 bridgehead atoms. The van der Waals surface area contributed by atoms with Crippen LogP contribution in [0.4, 0.5) is 0 Å². The lowest BCUT2D eigenvalue weighted by Gasteiger charge is -2.46. The summed E-state index contributed by atoms with van der Waals surface area (Å²) >= 11 is 0. The highest BCUT2D eigenvalue weighted by Crippen LogP contribution is 2.40. The van der Waals surface area contributed by atoms with E-state index in [9.17, 15) is 18.3 Å². The molecule has 0 radical (unpaired) electrons. The summed E-state index contributed by atoms with van der Waals surface area (Å²) in [4.78, 5) is 14.8. The van der Waals surface area contributed by atoms with Crippen molar-refractivity contribution < 1.29 is 13.5 Å². The summed E-state index contributed by atoms with van der Waals surface area (Å²) in [7, 11) is -3.32. The Morgan fingerprint density at radius 3 is 2.56 bits per heavy atom. The average molecular weight is 388 g/mol. The van der Waals surface area contributed by atoms with Crippen LogP contribution in [0.15, 0.2) is 58.2 Å². The van der Waals surface area contributed by atoms with E-state index in [-0.39, 0.29) is 35.8 Å². The molecule has 1 N–H and O–H groups in total. The van der Waals surface area contributed by atoms with Gasteiger partial charge in [0.05, 0.1) is 23.3 Å². The molecule has 0 aliphatic carbocycles. The lowest BCUT2D eigenvalue weighted by atomic mass is 9.78. The van der Waals surface area contributed by atoms with Crippen LogP contribution in [-0.2, 0) is 9.84 Å². The molecule has 0 unspecified atom stereocenters. The molecule has 0 amide bonds. The molecule has 2 aromatic rings. The Kier molecular flexibility index (Phi) is 4.92. The molecule has 144 valence electrons. The topological polar surface area (TPSA) is 79.6 Å². The number of sulfone groups is 1. The summed E-state index contributed by atoms with van der Waals surface area (Å²) in [6.07, 6.45) is 0.927. The van der Waals surface area contributed by atoms with Crippen LogP contribution < -0.4 is 5.56 Å². The Morgan fingerprint density at radius 1 is 1.04 bits per heavy atom. The van der Waals surface area contributed by atoms with Crippen molar-refractivity contribution in [3.63, 3.8) is 0 Å². The van der Waals surface area contributed by atoms with Gasteiger partial charge in [-0.05, 0) is 30.5 Å². The summed E-state index contributed by atoms with van der Waals surface area (Å²) in [5, 5.41) is 9.89. The first kappa shape index (κ1) is 18.4. The SMILES string of the molecule is O=c1cccc2n1[C@@H](CO)[C@H]1C[C@@H]2CN(CCS(=O)(=O)c2ccccc2)C1. The van der Waals surface area contributed by atoms with Gasteiger partial charge >= 0.3 is 0 Å². The molecule has 0 saturated carbocycles. The van der Waals surface area contributed by atoms with E-state index in [0.29, 0.717) is 18.0 Å². The lowest BCUT2D eigenvalue weighted by Crippen LogP contribution is -2.51. The molecule has 1 saturated heterocycles. The highest BCUT2D eigenvalue weighted by atomic mass is 32.2. The van der Waals surface area contributed by atoms with Gasteiger partial charge < -0.3 is 14.6 Å². The Bertz CT molecular complexity index is 971. The molecule has 3 heterocycles. The first-order valence-corrected chi connectivity index (χ1v) is 11.0. The van der Waals surface area contributed by atoms with Gasteiger partial charge in [0.1, 0.15) is 0 Å². The maximum absolute atomic E-state index is 12.6. The largest absolute Gasteiger partial charge is 0.394 e. The van der Waals surface area contributed by atoms with Gasteiger partial charge in [-0.25, -0.2) is 8.42 Å². The summed E-state index contributed by atoms with van der Waals surface area (Å²) in [6, 6.07) is 13.6. The van der Waals surface area contributed by atoms with Gasteiger partial charge in [-0.3, -0.25) is 4.79 Å². The minimum atomic E-state index is -3.32. The van der Waals surface area contributed by atoms with Crippen molar-refractivity contribution in [3.05, 3.63) is 64.6 Å². The normalized spacial score (nSPS) is 25.1. The molecule has 1 aromatic carbocycles. The smallest absolute Gasteiger partial charge is 0.251 e. The number of hydrogen-bond donors (Lipinski definition) is 1. The van der Waals surface area contributed by atoms with Crippen molar-refractivity contribution in [1.29, 1.82) is 0 Å². The van der Waals surface area contributed by atoms with Gasteiger partial charge in [0.15, 0.2) is 9.84 Å². The second-order valence-corrected chi connectivity index (χ2v) is 9.60. The number of aliphatic hydroxyl groups excluding tert-OH is 1. The Morgan fingerprint density at radius 2 is 1.81 bits per heavy atom. The number of aliphatic hydroxyl groups is 1. The molecule has 0 spiro atoms. The lowest BCUT2D eigenvalue weighted by molar-refractivity contribution is 0.0648. The Hall–Kier alpha value is -1.96. The monoisotopic (exact) mass is 388 g/mol. The van der Waals surface area contributed by atoms with Crippen LogP contribution in [0.25, 0.3) is 0 Å². The second kappa shape index (κ2) is 7.22. The van der Waals surface area contributed by atoms with Crippen molar-refractivity contribution in [3.8, 4) is 0 Å². The van der Waals surface area contributed by atoms with Crippen LogP contribution in [0, 0.1) is 5.92 Å². The van der Waals surface area contributed by atoms with Crippen LogP contribution in [0.2, 0.25) is 0 Å². The number of pyridine rings is 1. The molecule has 2 aliphatic heterocycles. The van der Waals surface area contributed by atoms with Crippen LogP contribution in [0.1, 0.15) is 24.1 Å². The predicted molar refractivity (Wildman–Crippen MR) is 103 cm³/mol. The van der Waals surface area contributed by atoms with Gasteiger partial charge in [-0.15, -0.1) is 0 Å². The molecule has 6 nitrogen and oxygen atoms in total. The second-order valence-electron chi connectivity index (χ2n) is 7.49. The van der Waals surface area contributed by atoms with E-state index in [1.54, 1.807) is 41.0 Å². The van der Waals surface area contributed by atoms with Crippen molar-refractivity contribution >= 4 is 9.84 Å². The van der Waals surface area contributed by atoms with Gasteiger partial charge in [-0.1, -0.05) is 24.3 Å². The van der Waals surface area contributed by atoms with E-state index < -0.39 is 9.84 Å². The van der Waals surface area contributed by atoms with Crippen LogP contribution in [0.5, 0.6) is 0 Å². The fourth-order valence-electron chi connectivity index (χ4n) is 4.55. The van der Waals surface area contributed by atoms with Gasteiger partial charge in [0.25, 0.3) is 5.56 Å². The third kappa shape index (κ3) is 3.47. The van der Waals surface area contributed by atoms with Gasteiger partial charge in [0, 0.05) is 37.3 Å². The maximum atomic E-state index is 12.6. The first-order valence-electron chi connectivity index (χ1n) is 9.32.